The molecule has 1 aromatic heterocycles. The highest BCUT2D eigenvalue weighted by Crippen LogP contribution is 2.20. The number of aromatic amines is 1. The number of likely N-dealkylation sites (N-methyl/N-ethyl adjacent to an activating group) is 1. The summed E-state index contributed by atoms with van der Waals surface area (Å²) in [6.45, 7) is 3.84. The number of ether oxygens (including phenoxy) is 1. The Morgan fingerprint density at radius 1 is 1.10 bits per heavy atom. The summed E-state index contributed by atoms with van der Waals surface area (Å²) in [5.74, 6) is 1.55. The monoisotopic (exact) mass is 422 g/mol. The molecule has 1 fully saturated rings. The summed E-state index contributed by atoms with van der Waals surface area (Å²) in [4.78, 5) is 37.6. The average Bonchev–Trinajstić information content (AvgIpc) is 2.79. The lowest BCUT2D eigenvalue weighted by molar-refractivity contribution is -0.886. The first kappa shape index (κ1) is 20.9. The van der Waals surface area contributed by atoms with E-state index in [1.165, 1.54) is 0 Å². The van der Waals surface area contributed by atoms with Gasteiger partial charge in [0, 0.05) is 31.9 Å². The van der Waals surface area contributed by atoms with Crippen LogP contribution in [0, 0.1) is 0 Å². The normalized spacial score (nSPS) is 15.2. The fourth-order valence-corrected chi connectivity index (χ4v) is 3.94. The lowest BCUT2D eigenvalue weighted by Gasteiger charge is -2.36. The van der Waals surface area contributed by atoms with Crippen LogP contribution in [0.3, 0.4) is 0 Å². The molecular weight excluding hydrogens is 394 g/mol. The van der Waals surface area contributed by atoms with E-state index in [9.17, 15) is 9.59 Å². The second-order valence-electron chi connectivity index (χ2n) is 7.91. The van der Waals surface area contributed by atoms with Gasteiger partial charge >= 0.3 is 0 Å². The van der Waals surface area contributed by atoms with E-state index < -0.39 is 0 Å². The fraction of sp³-hybridized carbons (Fsp3) is 0.348. The van der Waals surface area contributed by atoms with E-state index in [4.69, 9.17) is 4.74 Å². The van der Waals surface area contributed by atoms with E-state index in [-0.39, 0.29) is 11.5 Å². The van der Waals surface area contributed by atoms with Crippen LogP contribution in [0.5, 0.6) is 5.75 Å². The number of hydrogen-bond acceptors (Lipinski definition) is 5. The SMILES string of the molecule is COc1ccc(N2CCN(C(=O)C[NH+](C)Cc3nc4ccccc4c(=O)[nH]3)CC2)cc1. The van der Waals surface area contributed by atoms with Crippen LogP contribution in [-0.4, -0.2) is 67.7 Å². The first-order chi connectivity index (χ1) is 15.0. The number of para-hydroxylation sites is 1. The number of H-pyrrole nitrogens is 1. The summed E-state index contributed by atoms with van der Waals surface area (Å²) in [7, 11) is 3.60. The molecule has 0 aliphatic carbocycles. The van der Waals surface area contributed by atoms with Crippen molar-refractivity contribution in [3.05, 3.63) is 64.7 Å². The van der Waals surface area contributed by atoms with Crippen molar-refractivity contribution in [3.63, 3.8) is 0 Å². The van der Waals surface area contributed by atoms with Gasteiger partial charge < -0.3 is 24.4 Å². The minimum atomic E-state index is -0.144. The molecule has 1 saturated heterocycles. The predicted octanol–water partition coefficient (Wildman–Crippen LogP) is 0.295. The van der Waals surface area contributed by atoms with Crippen LogP contribution in [0.15, 0.2) is 53.3 Å². The second kappa shape index (κ2) is 9.18. The van der Waals surface area contributed by atoms with Crippen molar-refractivity contribution >= 4 is 22.5 Å². The Hall–Kier alpha value is -3.39. The smallest absolute Gasteiger partial charge is 0.277 e. The molecule has 1 atom stereocenters. The van der Waals surface area contributed by atoms with Gasteiger partial charge in [0.05, 0.1) is 25.1 Å². The molecule has 2 heterocycles. The number of nitrogens with zero attached hydrogens (tertiary/aromatic N) is 3. The van der Waals surface area contributed by atoms with E-state index >= 15 is 0 Å². The van der Waals surface area contributed by atoms with E-state index in [0.717, 1.165) is 29.4 Å². The van der Waals surface area contributed by atoms with E-state index in [1.54, 1.807) is 13.2 Å². The van der Waals surface area contributed by atoms with Crippen molar-refractivity contribution in [1.29, 1.82) is 0 Å². The number of amides is 1. The van der Waals surface area contributed by atoms with Gasteiger partial charge in [0.1, 0.15) is 12.3 Å². The Balaban J connectivity index is 1.31. The molecule has 31 heavy (non-hydrogen) atoms. The highest BCUT2D eigenvalue weighted by atomic mass is 16.5. The molecule has 0 saturated carbocycles. The number of benzene rings is 2. The third kappa shape index (κ3) is 4.86. The molecule has 1 unspecified atom stereocenters. The van der Waals surface area contributed by atoms with E-state index in [2.05, 4.69) is 14.9 Å². The second-order valence-corrected chi connectivity index (χ2v) is 7.91. The van der Waals surface area contributed by atoms with Crippen LogP contribution >= 0.6 is 0 Å². The summed E-state index contributed by atoms with van der Waals surface area (Å²) in [5, 5.41) is 0.578. The molecule has 1 aliphatic rings. The first-order valence-electron chi connectivity index (χ1n) is 10.5. The maximum absolute atomic E-state index is 12.8. The van der Waals surface area contributed by atoms with Crippen LogP contribution in [0.1, 0.15) is 5.82 Å². The highest BCUT2D eigenvalue weighted by molar-refractivity contribution is 5.78. The van der Waals surface area contributed by atoms with Crippen LogP contribution in [0.4, 0.5) is 5.69 Å². The van der Waals surface area contributed by atoms with Gasteiger partial charge in [0.25, 0.3) is 11.5 Å². The Kier molecular flexibility index (Phi) is 6.18. The summed E-state index contributed by atoms with van der Waals surface area (Å²) in [6.07, 6.45) is 0. The zero-order chi connectivity index (χ0) is 21.8. The molecule has 0 bridgehead atoms. The number of piperazine rings is 1. The fourth-order valence-electron chi connectivity index (χ4n) is 3.94. The van der Waals surface area contributed by atoms with Crippen LogP contribution in [-0.2, 0) is 11.3 Å². The Morgan fingerprint density at radius 2 is 1.81 bits per heavy atom. The molecule has 3 aromatic rings. The van der Waals surface area contributed by atoms with Gasteiger partial charge in [-0.15, -0.1) is 0 Å². The van der Waals surface area contributed by atoms with Crippen LogP contribution in [0.2, 0.25) is 0 Å². The summed E-state index contributed by atoms with van der Waals surface area (Å²) in [6, 6.07) is 15.3. The molecular formula is C23H28N5O3+. The summed E-state index contributed by atoms with van der Waals surface area (Å²) >= 11 is 0. The molecule has 162 valence electrons. The minimum Gasteiger partial charge on any atom is -0.497 e. The highest BCUT2D eigenvalue weighted by Gasteiger charge is 2.24. The number of aromatic nitrogens is 2. The maximum atomic E-state index is 12.8. The van der Waals surface area contributed by atoms with Gasteiger partial charge in [0.2, 0.25) is 0 Å². The van der Waals surface area contributed by atoms with Crippen LogP contribution in [0.25, 0.3) is 10.9 Å². The van der Waals surface area contributed by atoms with Gasteiger partial charge in [-0.05, 0) is 36.4 Å². The van der Waals surface area contributed by atoms with E-state index in [0.29, 0.717) is 42.9 Å². The number of carbonyl (C=O) groups excluding carboxylic acids is 1. The topological polar surface area (TPSA) is 83.0 Å². The summed E-state index contributed by atoms with van der Waals surface area (Å²) < 4.78 is 5.21. The third-order valence-electron chi connectivity index (χ3n) is 5.65. The summed E-state index contributed by atoms with van der Waals surface area (Å²) in [5.41, 5.74) is 1.67. The zero-order valence-corrected chi connectivity index (χ0v) is 17.9. The predicted molar refractivity (Wildman–Crippen MR) is 120 cm³/mol. The number of quaternary nitrogens is 1. The van der Waals surface area contributed by atoms with Gasteiger partial charge in [-0.2, -0.15) is 0 Å². The largest absolute Gasteiger partial charge is 0.497 e. The number of anilines is 1. The molecule has 8 nitrogen and oxygen atoms in total. The zero-order valence-electron chi connectivity index (χ0n) is 17.9. The lowest BCUT2D eigenvalue weighted by Crippen LogP contribution is -3.09. The number of nitrogens with one attached hydrogen (secondary N) is 2. The Morgan fingerprint density at radius 3 is 2.52 bits per heavy atom. The standard InChI is InChI=1S/C23H27N5O3/c1-26(15-21-24-20-6-4-3-5-19(20)23(30)25-21)16-22(29)28-13-11-27(12-14-28)17-7-9-18(31-2)10-8-17/h3-10H,11-16H2,1-2H3,(H,24,25,30)/p+1. The molecule has 0 radical (unpaired) electrons. The number of fused-ring (bicyclic) bond motifs is 1. The molecule has 1 aliphatic heterocycles. The van der Waals surface area contributed by atoms with Crippen LogP contribution < -0.4 is 20.1 Å². The van der Waals surface area contributed by atoms with Gasteiger partial charge in [0.15, 0.2) is 12.4 Å². The quantitative estimate of drug-likeness (QED) is 0.597. The first-order valence-corrected chi connectivity index (χ1v) is 10.5. The van der Waals surface area contributed by atoms with Gasteiger partial charge in [-0.25, -0.2) is 4.98 Å². The minimum absolute atomic E-state index is 0.120. The van der Waals surface area contributed by atoms with Crippen molar-refractivity contribution in [2.75, 3.05) is 51.8 Å². The Bertz CT molecular complexity index is 1100. The molecule has 8 heteroatoms. The molecule has 2 N–H and O–H groups in total. The van der Waals surface area contributed by atoms with Gasteiger partial charge in [-0.1, -0.05) is 12.1 Å². The molecule has 4 rings (SSSR count). The Labute approximate surface area is 181 Å². The number of methoxy groups -OCH3 is 1. The number of hydrogen-bond donors (Lipinski definition) is 2. The lowest BCUT2D eigenvalue weighted by atomic mass is 10.2. The number of carbonyl (C=O) groups is 1. The molecule has 0 spiro atoms. The van der Waals surface area contributed by atoms with Gasteiger partial charge in [-0.3, -0.25) is 9.59 Å². The van der Waals surface area contributed by atoms with Crippen molar-refractivity contribution in [3.8, 4) is 5.75 Å². The maximum Gasteiger partial charge on any atom is 0.277 e. The van der Waals surface area contributed by atoms with Crippen molar-refractivity contribution in [1.82, 2.24) is 14.9 Å². The average molecular weight is 423 g/mol. The molecule has 1 amide bonds. The van der Waals surface area contributed by atoms with Crippen molar-refractivity contribution < 1.29 is 14.4 Å². The molecule has 2 aromatic carbocycles. The number of rotatable bonds is 6. The third-order valence-corrected chi connectivity index (χ3v) is 5.65. The van der Waals surface area contributed by atoms with E-state index in [1.807, 2.05) is 54.4 Å². The van der Waals surface area contributed by atoms with Crippen molar-refractivity contribution in [2.24, 2.45) is 0 Å². The van der Waals surface area contributed by atoms with Crippen molar-refractivity contribution in [2.45, 2.75) is 6.54 Å².